The maximum Gasteiger partial charge on any atom is 0.407 e. The Morgan fingerprint density at radius 3 is 2.39 bits per heavy atom. The van der Waals surface area contributed by atoms with Gasteiger partial charge < -0.3 is 19.9 Å². The van der Waals surface area contributed by atoms with Gasteiger partial charge in [-0.2, -0.15) is 0 Å². The highest BCUT2D eigenvalue weighted by Crippen LogP contribution is 2.33. The van der Waals surface area contributed by atoms with Gasteiger partial charge in [0.15, 0.2) is 0 Å². The van der Waals surface area contributed by atoms with Gasteiger partial charge in [-0.25, -0.2) is 9.18 Å². The Labute approximate surface area is 186 Å². The zero-order chi connectivity index (χ0) is 23.0. The third kappa shape index (κ3) is 7.54. The van der Waals surface area contributed by atoms with E-state index in [1.54, 1.807) is 6.92 Å². The van der Waals surface area contributed by atoms with Crippen molar-refractivity contribution in [2.24, 2.45) is 0 Å². The van der Waals surface area contributed by atoms with E-state index in [4.69, 9.17) is 20.9 Å². The number of benzene rings is 1. The molecule has 9 heteroatoms. The molecule has 0 saturated carbocycles. The molecule has 0 spiro atoms. The summed E-state index contributed by atoms with van der Waals surface area (Å²) in [5, 5.41) is 9.52. The van der Waals surface area contributed by atoms with Gasteiger partial charge in [-0.15, -0.1) is 0 Å². The number of ether oxygens (including phenoxy) is 1. The Bertz CT molecular complexity index is 888. The van der Waals surface area contributed by atoms with E-state index in [2.05, 4.69) is 15.8 Å². The molecule has 0 aliphatic rings. The zero-order valence-electron chi connectivity index (χ0n) is 18.3. The Balaban J connectivity index is 1.76. The summed E-state index contributed by atoms with van der Waals surface area (Å²) < 4.78 is 24.5. The fourth-order valence-electron chi connectivity index (χ4n) is 2.93. The van der Waals surface area contributed by atoms with Gasteiger partial charge in [0.2, 0.25) is 0 Å². The van der Waals surface area contributed by atoms with Gasteiger partial charge >= 0.3 is 6.09 Å². The second kappa shape index (κ2) is 11.1. The lowest BCUT2D eigenvalue weighted by Crippen LogP contribution is -2.33. The highest BCUT2D eigenvalue weighted by molar-refractivity contribution is 6.33. The van der Waals surface area contributed by atoms with Crippen LogP contribution < -0.4 is 10.6 Å². The number of aromatic nitrogens is 1. The molecule has 0 fully saturated rings. The van der Waals surface area contributed by atoms with Crippen LogP contribution >= 0.6 is 11.6 Å². The van der Waals surface area contributed by atoms with E-state index in [1.165, 1.54) is 18.2 Å². The lowest BCUT2D eigenvalue weighted by Gasteiger charge is -2.19. The van der Waals surface area contributed by atoms with Gasteiger partial charge in [-0.1, -0.05) is 35.7 Å². The topological polar surface area (TPSA) is 93.5 Å². The molecule has 0 saturated heterocycles. The number of halogens is 2. The van der Waals surface area contributed by atoms with Crippen LogP contribution in [0.4, 0.5) is 9.18 Å². The third-order valence-electron chi connectivity index (χ3n) is 4.35. The van der Waals surface area contributed by atoms with E-state index in [-0.39, 0.29) is 27.8 Å². The van der Waals surface area contributed by atoms with Gasteiger partial charge in [-0.05, 0) is 52.7 Å². The predicted octanol–water partition coefficient (Wildman–Crippen LogP) is 5.26. The van der Waals surface area contributed by atoms with E-state index < -0.39 is 17.5 Å². The maximum atomic E-state index is 14.2. The molecule has 31 heavy (non-hydrogen) atoms. The van der Waals surface area contributed by atoms with Crippen LogP contribution in [-0.4, -0.2) is 35.8 Å². The molecule has 0 radical (unpaired) electrons. The monoisotopic (exact) mass is 453 g/mol. The van der Waals surface area contributed by atoms with Gasteiger partial charge in [-0.3, -0.25) is 4.79 Å². The molecular weight excluding hydrogens is 425 g/mol. The number of nitrogens with one attached hydrogen (secondary N) is 2. The van der Waals surface area contributed by atoms with Gasteiger partial charge in [0.1, 0.15) is 28.4 Å². The highest BCUT2D eigenvalue weighted by atomic mass is 35.5. The minimum atomic E-state index is -0.574. The summed E-state index contributed by atoms with van der Waals surface area (Å²) in [4.78, 5) is 24.2. The van der Waals surface area contributed by atoms with Crippen LogP contribution in [0.1, 0.15) is 62.6 Å². The van der Waals surface area contributed by atoms with E-state index >= 15 is 0 Å². The standard InChI is InChI=1S/C22H29ClFN3O4/c1-14-17(19(27-31-14)18-15(23)10-9-11-16(18)24)20(28)25-12-7-5-6-8-13-26-21(29)30-22(2,3)4/h9-11H,5-8,12-13H2,1-4H3,(H,25,28)(H,26,29). The number of hydrogen-bond acceptors (Lipinski definition) is 5. The summed E-state index contributed by atoms with van der Waals surface area (Å²) in [7, 11) is 0. The molecular formula is C22H29ClFN3O4. The molecule has 0 atom stereocenters. The van der Waals surface area contributed by atoms with Crippen LogP contribution in [-0.2, 0) is 4.74 Å². The van der Waals surface area contributed by atoms with E-state index in [0.717, 1.165) is 25.7 Å². The van der Waals surface area contributed by atoms with Crippen molar-refractivity contribution in [1.29, 1.82) is 0 Å². The average molecular weight is 454 g/mol. The van der Waals surface area contributed by atoms with Gasteiger partial charge in [0, 0.05) is 13.1 Å². The Kier molecular flexibility index (Phi) is 8.86. The SMILES string of the molecule is Cc1onc(-c2c(F)cccc2Cl)c1C(=O)NCCCCCCNC(=O)OC(C)(C)C. The lowest BCUT2D eigenvalue weighted by atomic mass is 10.0. The number of alkyl carbamates (subject to hydrolysis) is 1. The molecule has 0 aliphatic carbocycles. The Morgan fingerprint density at radius 1 is 1.13 bits per heavy atom. The van der Waals surface area contributed by atoms with Crippen molar-refractivity contribution in [2.75, 3.05) is 13.1 Å². The van der Waals surface area contributed by atoms with Gasteiger partial charge in [0.05, 0.1) is 10.6 Å². The summed E-state index contributed by atoms with van der Waals surface area (Å²) in [6, 6.07) is 4.27. The second-order valence-corrected chi connectivity index (χ2v) is 8.57. The molecule has 2 N–H and O–H groups in total. The molecule has 0 aliphatic heterocycles. The smallest absolute Gasteiger partial charge is 0.407 e. The fraction of sp³-hybridized carbons (Fsp3) is 0.500. The summed E-state index contributed by atoms with van der Waals surface area (Å²) in [6.07, 6.45) is 2.93. The maximum absolute atomic E-state index is 14.2. The summed E-state index contributed by atoms with van der Waals surface area (Å²) in [5.41, 5.74) is -0.202. The molecule has 1 heterocycles. The number of carbonyl (C=O) groups excluding carboxylic acids is 2. The summed E-state index contributed by atoms with van der Waals surface area (Å²) in [6.45, 7) is 8.03. The third-order valence-corrected chi connectivity index (χ3v) is 4.66. The minimum absolute atomic E-state index is 0.0450. The van der Waals surface area contributed by atoms with Crippen molar-refractivity contribution in [3.8, 4) is 11.3 Å². The number of carbonyl (C=O) groups is 2. The first-order chi connectivity index (χ1) is 14.6. The Hall–Kier alpha value is -2.61. The van der Waals surface area contributed by atoms with Crippen LogP contribution in [0.25, 0.3) is 11.3 Å². The van der Waals surface area contributed by atoms with Crippen molar-refractivity contribution in [1.82, 2.24) is 15.8 Å². The number of aryl methyl sites for hydroxylation is 1. The molecule has 170 valence electrons. The average Bonchev–Trinajstić information content (AvgIpc) is 3.03. The molecule has 2 amide bonds. The summed E-state index contributed by atoms with van der Waals surface area (Å²) >= 11 is 6.10. The minimum Gasteiger partial charge on any atom is -0.444 e. The first-order valence-corrected chi connectivity index (χ1v) is 10.6. The van der Waals surface area contributed by atoms with E-state index in [0.29, 0.717) is 18.8 Å². The van der Waals surface area contributed by atoms with Gasteiger partial charge in [0.25, 0.3) is 5.91 Å². The Morgan fingerprint density at radius 2 is 1.77 bits per heavy atom. The van der Waals surface area contributed by atoms with Crippen LogP contribution in [0.5, 0.6) is 0 Å². The van der Waals surface area contributed by atoms with Crippen molar-refractivity contribution < 1.29 is 23.2 Å². The van der Waals surface area contributed by atoms with E-state index in [1.807, 2.05) is 20.8 Å². The van der Waals surface area contributed by atoms with Crippen LogP contribution in [0, 0.1) is 12.7 Å². The molecule has 0 unspecified atom stereocenters. The van der Waals surface area contributed by atoms with Crippen LogP contribution in [0.15, 0.2) is 22.7 Å². The number of unbranched alkanes of at least 4 members (excludes halogenated alkanes) is 3. The fourth-order valence-corrected chi connectivity index (χ4v) is 3.19. The number of rotatable bonds is 9. The quantitative estimate of drug-likeness (QED) is 0.505. The normalized spacial score (nSPS) is 11.3. The van der Waals surface area contributed by atoms with Crippen molar-refractivity contribution in [3.05, 3.63) is 40.4 Å². The number of nitrogens with zero attached hydrogens (tertiary/aromatic N) is 1. The highest BCUT2D eigenvalue weighted by Gasteiger charge is 2.25. The molecule has 0 bridgehead atoms. The number of hydrogen-bond donors (Lipinski definition) is 2. The largest absolute Gasteiger partial charge is 0.444 e. The molecule has 7 nitrogen and oxygen atoms in total. The zero-order valence-corrected chi connectivity index (χ0v) is 19.1. The van der Waals surface area contributed by atoms with Crippen LogP contribution in [0.2, 0.25) is 5.02 Å². The summed E-state index contributed by atoms with van der Waals surface area (Å²) in [5.74, 6) is -0.672. The van der Waals surface area contributed by atoms with Crippen molar-refractivity contribution in [3.63, 3.8) is 0 Å². The molecule has 2 rings (SSSR count). The first kappa shape index (κ1) is 24.7. The van der Waals surface area contributed by atoms with E-state index in [9.17, 15) is 14.0 Å². The van der Waals surface area contributed by atoms with Crippen molar-refractivity contribution >= 4 is 23.6 Å². The predicted molar refractivity (Wildman–Crippen MR) is 117 cm³/mol. The molecule has 1 aromatic heterocycles. The molecule has 2 aromatic rings. The van der Waals surface area contributed by atoms with Crippen molar-refractivity contribution in [2.45, 2.75) is 59.0 Å². The lowest BCUT2D eigenvalue weighted by molar-refractivity contribution is 0.0526. The molecule has 1 aromatic carbocycles. The van der Waals surface area contributed by atoms with Crippen LogP contribution in [0.3, 0.4) is 0 Å². The number of amides is 2. The second-order valence-electron chi connectivity index (χ2n) is 8.16. The first-order valence-electron chi connectivity index (χ1n) is 10.3.